The summed E-state index contributed by atoms with van der Waals surface area (Å²) < 4.78 is 16.7. The molecule has 0 radical (unpaired) electrons. The van der Waals surface area contributed by atoms with Crippen LogP contribution in [0.2, 0.25) is 0 Å². The number of nitrogens with one attached hydrogen (secondary N) is 2. The first-order valence-corrected chi connectivity index (χ1v) is 17.1. The molecule has 13 heteroatoms. The normalized spacial score (nSPS) is 20.3. The summed E-state index contributed by atoms with van der Waals surface area (Å²) in [7, 11) is -4.15. The van der Waals surface area contributed by atoms with Crippen molar-refractivity contribution < 1.29 is 37.6 Å². The summed E-state index contributed by atoms with van der Waals surface area (Å²) in [5, 5.41) is 3.03. The summed E-state index contributed by atoms with van der Waals surface area (Å²) in [5.74, 6) is -2.83. The molecule has 2 aromatic carbocycles. The summed E-state index contributed by atoms with van der Waals surface area (Å²) in [6.45, 7) is 0. The van der Waals surface area contributed by atoms with Gasteiger partial charge in [0.05, 0.1) is 24.9 Å². The molecule has 2 N–H and O–H groups in total. The van der Waals surface area contributed by atoms with Crippen molar-refractivity contribution in [2.45, 2.75) is 73.2 Å². The highest BCUT2D eigenvalue weighted by molar-refractivity contribution is 7.99. The van der Waals surface area contributed by atoms with Crippen molar-refractivity contribution in [2.24, 2.45) is 0 Å². The van der Waals surface area contributed by atoms with E-state index in [9.17, 15) is 19.2 Å². The molecule has 10 nitrogen and oxygen atoms in total. The van der Waals surface area contributed by atoms with Crippen LogP contribution in [0.4, 0.5) is 0 Å². The zero-order chi connectivity index (χ0) is 28.9. The third kappa shape index (κ3) is 10.3. The van der Waals surface area contributed by atoms with Crippen LogP contribution in [0.15, 0.2) is 70.5 Å². The Balaban J connectivity index is 1.42. The maximum absolute atomic E-state index is 13.0. The standard InChI is InChI=1S/C28H34N2O8PS2/c31-25(17-9-19-40-21-11-3-1-4-12-21)36-39(37-26(32)18-10-20-41-22-13-5-2-6-14-22)30-24-16-8-7-15-23(24)29-35-27(33)28(34)38-39/h1-6,11-14,23-24,29-30H,7-10,15-20H2/q+1. The molecule has 1 aliphatic carbocycles. The van der Waals surface area contributed by atoms with Crippen molar-refractivity contribution in [2.75, 3.05) is 11.5 Å². The molecule has 2 unspecified atom stereocenters. The lowest BCUT2D eigenvalue weighted by Gasteiger charge is -2.31. The van der Waals surface area contributed by atoms with Gasteiger partial charge in [0.25, 0.3) is 0 Å². The molecule has 41 heavy (non-hydrogen) atoms. The minimum absolute atomic E-state index is 0.00285. The van der Waals surface area contributed by atoms with E-state index in [1.54, 1.807) is 23.5 Å². The molecule has 1 aliphatic heterocycles. The SMILES string of the molecule is O=C(CCCSc1ccccc1)O[P+]1(OC(=O)CCCSc2ccccc2)NC2CCCCC2NOC(=O)C(=O)O1. The lowest BCUT2D eigenvalue weighted by molar-refractivity contribution is -0.169. The van der Waals surface area contributed by atoms with Crippen LogP contribution >= 0.6 is 31.6 Å². The number of benzene rings is 2. The van der Waals surface area contributed by atoms with Gasteiger partial charge in [0.2, 0.25) is 0 Å². The third-order valence-electron chi connectivity index (χ3n) is 6.28. The Morgan fingerprint density at radius 3 is 1.83 bits per heavy atom. The molecule has 1 saturated carbocycles. The smallest absolute Gasteiger partial charge is 0.361 e. The summed E-state index contributed by atoms with van der Waals surface area (Å²) in [4.78, 5) is 58.0. The van der Waals surface area contributed by atoms with Crippen LogP contribution in [-0.4, -0.2) is 47.5 Å². The second-order valence-electron chi connectivity index (χ2n) is 9.47. The summed E-state index contributed by atoms with van der Waals surface area (Å²) in [5.41, 5.74) is 2.62. The molecule has 220 valence electrons. The van der Waals surface area contributed by atoms with Gasteiger partial charge in [0.1, 0.15) is 0 Å². The molecule has 0 amide bonds. The minimum atomic E-state index is -4.15. The van der Waals surface area contributed by atoms with Gasteiger partial charge in [0.15, 0.2) is 0 Å². The quantitative estimate of drug-likeness (QED) is 0.136. The van der Waals surface area contributed by atoms with E-state index in [-0.39, 0.29) is 18.9 Å². The molecule has 0 bridgehead atoms. The predicted molar refractivity (Wildman–Crippen MR) is 156 cm³/mol. The number of hydrogen-bond acceptors (Lipinski definition) is 12. The van der Waals surface area contributed by atoms with E-state index in [0.29, 0.717) is 37.2 Å². The first-order chi connectivity index (χ1) is 19.9. The number of fused-ring (bicyclic) bond motifs is 1. The van der Waals surface area contributed by atoms with Crippen molar-refractivity contribution in [3.63, 3.8) is 0 Å². The van der Waals surface area contributed by atoms with Gasteiger partial charge in [-0.3, -0.25) is 0 Å². The lowest BCUT2D eigenvalue weighted by atomic mass is 9.92. The summed E-state index contributed by atoms with van der Waals surface area (Å²) >= 11 is 3.19. The number of hydrogen-bond donors (Lipinski definition) is 2. The van der Waals surface area contributed by atoms with Gasteiger partial charge in [0, 0.05) is 9.79 Å². The van der Waals surface area contributed by atoms with Crippen LogP contribution in [0.1, 0.15) is 51.4 Å². The second-order valence-corrected chi connectivity index (χ2v) is 13.6. The van der Waals surface area contributed by atoms with E-state index in [1.807, 2.05) is 60.7 Å². The minimum Gasteiger partial charge on any atom is -0.361 e. The Kier molecular flexibility index (Phi) is 12.3. The zero-order valence-corrected chi connectivity index (χ0v) is 25.1. The highest BCUT2D eigenvalue weighted by atomic mass is 32.2. The number of hydroxylamine groups is 1. The average molecular weight is 622 g/mol. The molecule has 4 rings (SSSR count). The van der Waals surface area contributed by atoms with Crippen molar-refractivity contribution in [3.05, 3.63) is 60.7 Å². The van der Waals surface area contributed by atoms with Crippen molar-refractivity contribution in [3.8, 4) is 0 Å². The molecular formula is C28H34N2O8PS2+. The number of rotatable bonds is 12. The van der Waals surface area contributed by atoms with Crippen LogP contribution in [-0.2, 0) is 37.6 Å². The van der Waals surface area contributed by atoms with E-state index in [2.05, 4.69) is 10.6 Å². The molecule has 1 saturated heterocycles. The van der Waals surface area contributed by atoms with E-state index in [0.717, 1.165) is 22.6 Å². The monoisotopic (exact) mass is 621 g/mol. The summed E-state index contributed by atoms with van der Waals surface area (Å²) in [6, 6.07) is 18.7. The fourth-order valence-corrected chi connectivity index (χ4v) is 8.03. The van der Waals surface area contributed by atoms with Crippen molar-refractivity contribution in [1.29, 1.82) is 0 Å². The fourth-order valence-electron chi connectivity index (χ4n) is 4.29. The van der Waals surface area contributed by atoms with Gasteiger partial charge in [-0.25, -0.2) is 32.7 Å². The fraction of sp³-hybridized carbons (Fsp3) is 0.429. The maximum Gasteiger partial charge on any atom is 0.648 e. The highest BCUT2D eigenvalue weighted by Crippen LogP contribution is 2.60. The first kappa shape index (κ1) is 31.3. The molecule has 0 spiro atoms. The Labute approximate surface area is 248 Å². The molecular weight excluding hydrogens is 587 g/mol. The van der Waals surface area contributed by atoms with Gasteiger partial charge >= 0.3 is 32.0 Å². The van der Waals surface area contributed by atoms with Crippen LogP contribution in [0.3, 0.4) is 0 Å². The number of carbonyl (C=O) groups is 4. The molecule has 0 aromatic heterocycles. The van der Waals surface area contributed by atoms with E-state index in [1.165, 1.54) is 0 Å². The number of thioether (sulfide) groups is 2. The van der Waals surface area contributed by atoms with Crippen molar-refractivity contribution in [1.82, 2.24) is 10.6 Å². The molecule has 2 aromatic rings. The Morgan fingerprint density at radius 2 is 1.29 bits per heavy atom. The predicted octanol–water partition coefficient (Wildman–Crippen LogP) is 5.40. The van der Waals surface area contributed by atoms with Gasteiger partial charge in [-0.1, -0.05) is 54.3 Å². The average Bonchev–Trinajstić information content (AvgIpc) is 3.02. The van der Waals surface area contributed by atoms with E-state index < -0.39 is 38.0 Å². The second kappa shape index (κ2) is 16.1. The van der Waals surface area contributed by atoms with Crippen LogP contribution in [0.25, 0.3) is 0 Å². The van der Waals surface area contributed by atoms with Gasteiger partial charge in [-0.2, -0.15) is 0 Å². The van der Waals surface area contributed by atoms with Gasteiger partial charge < -0.3 is 4.84 Å². The topological polar surface area (TPSA) is 129 Å². The molecule has 1 heterocycles. The van der Waals surface area contributed by atoms with E-state index in [4.69, 9.17) is 18.4 Å². The largest absolute Gasteiger partial charge is 0.648 e. The number of carbonyl (C=O) groups excluding carboxylic acids is 4. The Hall–Kier alpha value is -2.63. The van der Waals surface area contributed by atoms with Crippen molar-refractivity contribution >= 4 is 55.5 Å². The molecule has 2 atom stereocenters. The van der Waals surface area contributed by atoms with E-state index >= 15 is 0 Å². The first-order valence-electron chi connectivity index (χ1n) is 13.6. The zero-order valence-electron chi connectivity index (χ0n) is 22.5. The summed E-state index contributed by atoms with van der Waals surface area (Å²) in [6.07, 6.45) is 3.91. The molecule has 2 aliphatic rings. The maximum atomic E-state index is 13.0. The Bertz CT molecular complexity index is 1110. The molecule has 2 fully saturated rings. The Morgan fingerprint density at radius 1 is 0.780 bits per heavy atom. The van der Waals surface area contributed by atoms with Gasteiger partial charge in [-0.05, 0) is 61.5 Å². The van der Waals surface area contributed by atoms with Crippen LogP contribution in [0.5, 0.6) is 0 Å². The van der Waals surface area contributed by atoms with Crippen LogP contribution < -0.4 is 10.6 Å². The van der Waals surface area contributed by atoms with Gasteiger partial charge in [-0.15, -0.1) is 29.0 Å². The third-order valence-corrected chi connectivity index (χ3v) is 10.4. The highest BCUT2D eigenvalue weighted by Gasteiger charge is 2.60. The van der Waals surface area contributed by atoms with Crippen LogP contribution in [0, 0.1) is 0 Å². The lowest BCUT2D eigenvalue weighted by Crippen LogP contribution is -2.49.